The monoisotopic (exact) mass is 443 g/mol. The van der Waals surface area contributed by atoms with Gasteiger partial charge in [0.2, 0.25) is 5.72 Å². The molecule has 1 fully saturated rings. The lowest BCUT2D eigenvalue weighted by atomic mass is 9.91. The van der Waals surface area contributed by atoms with Gasteiger partial charge in [-0.1, -0.05) is 42.5 Å². The minimum absolute atomic E-state index is 0.116. The van der Waals surface area contributed by atoms with Crippen molar-refractivity contribution >= 4 is 5.71 Å². The van der Waals surface area contributed by atoms with Crippen LogP contribution in [-0.2, 0) is 6.54 Å². The molecule has 4 heterocycles. The molecule has 3 aromatic rings. The molecule has 1 atom stereocenters. The molecular weight excluding hydrogens is 414 g/mol. The first-order chi connectivity index (χ1) is 16.1. The largest absolute Gasteiger partial charge is 0.493 e. The van der Waals surface area contributed by atoms with E-state index in [2.05, 4.69) is 46.3 Å². The summed E-state index contributed by atoms with van der Waals surface area (Å²) in [6.07, 6.45) is 2.55. The Labute approximate surface area is 194 Å². The number of hydrogen-bond donors (Lipinski definition) is 0. The van der Waals surface area contributed by atoms with Crippen LogP contribution in [0.2, 0.25) is 0 Å². The molecule has 0 amide bonds. The third kappa shape index (κ3) is 3.49. The van der Waals surface area contributed by atoms with E-state index in [9.17, 15) is 0 Å². The molecule has 6 nitrogen and oxygen atoms in total. The molecule has 0 radical (unpaired) electrons. The summed E-state index contributed by atoms with van der Waals surface area (Å²) in [7, 11) is 1.71. The first-order valence-corrected chi connectivity index (χ1v) is 11.7. The molecule has 1 saturated heterocycles. The lowest BCUT2D eigenvalue weighted by molar-refractivity contribution is -0.151. The fraction of sp³-hybridized carbons (Fsp3) is 0.370. The predicted molar refractivity (Wildman–Crippen MR) is 126 cm³/mol. The summed E-state index contributed by atoms with van der Waals surface area (Å²) in [6, 6.07) is 21.0. The maximum atomic E-state index is 6.82. The van der Waals surface area contributed by atoms with Crippen LogP contribution in [0.5, 0.6) is 11.5 Å². The van der Waals surface area contributed by atoms with Crippen LogP contribution in [0.15, 0.2) is 70.2 Å². The molecule has 1 spiro atoms. The fourth-order valence-corrected chi connectivity index (χ4v) is 5.40. The second-order valence-electron chi connectivity index (χ2n) is 9.21. The van der Waals surface area contributed by atoms with Gasteiger partial charge in [-0.05, 0) is 30.7 Å². The zero-order valence-corrected chi connectivity index (χ0v) is 19.2. The van der Waals surface area contributed by atoms with E-state index in [0.717, 1.165) is 73.2 Å². The Kier molecular flexibility index (Phi) is 4.91. The minimum atomic E-state index is -0.483. The maximum absolute atomic E-state index is 6.82. The van der Waals surface area contributed by atoms with Crippen molar-refractivity contribution in [3.05, 3.63) is 83.3 Å². The topological polar surface area (TPSA) is 50.4 Å². The van der Waals surface area contributed by atoms with E-state index in [0.29, 0.717) is 0 Å². The van der Waals surface area contributed by atoms with Crippen molar-refractivity contribution in [2.24, 2.45) is 5.10 Å². The lowest BCUT2D eigenvalue weighted by Gasteiger charge is -2.51. The number of ether oxygens (including phenoxy) is 2. The van der Waals surface area contributed by atoms with Crippen LogP contribution in [0.3, 0.4) is 0 Å². The van der Waals surface area contributed by atoms with Crippen LogP contribution >= 0.6 is 0 Å². The van der Waals surface area contributed by atoms with Gasteiger partial charge in [0.05, 0.1) is 13.2 Å². The SMILES string of the molecule is COc1cccc2c1OC1(CCN(Cc3ccccc3)CC1)N1N=C(c3ccc(C)o3)C[C@H]21. The molecule has 6 rings (SSSR count). The summed E-state index contributed by atoms with van der Waals surface area (Å²) in [5.41, 5.74) is 2.98. The van der Waals surface area contributed by atoms with Crippen molar-refractivity contribution < 1.29 is 13.9 Å². The van der Waals surface area contributed by atoms with E-state index in [1.165, 1.54) is 5.56 Å². The number of methoxy groups -OCH3 is 1. The summed E-state index contributed by atoms with van der Waals surface area (Å²) in [4.78, 5) is 2.51. The third-order valence-electron chi connectivity index (χ3n) is 7.12. The summed E-state index contributed by atoms with van der Waals surface area (Å²) < 4.78 is 18.5. The van der Waals surface area contributed by atoms with Crippen LogP contribution < -0.4 is 9.47 Å². The van der Waals surface area contributed by atoms with Crippen molar-refractivity contribution in [2.45, 2.75) is 44.5 Å². The summed E-state index contributed by atoms with van der Waals surface area (Å²) in [5.74, 6) is 3.41. The number of aryl methyl sites for hydroxylation is 1. The molecule has 170 valence electrons. The van der Waals surface area contributed by atoms with E-state index >= 15 is 0 Å². The molecule has 0 N–H and O–H groups in total. The fourth-order valence-electron chi connectivity index (χ4n) is 5.40. The number of piperidine rings is 1. The summed E-state index contributed by atoms with van der Waals surface area (Å²) in [5, 5.41) is 7.33. The quantitative estimate of drug-likeness (QED) is 0.559. The Morgan fingerprint density at radius 1 is 1.03 bits per heavy atom. The number of fused-ring (bicyclic) bond motifs is 4. The summed E-state index contributed by atoms with van der Waals surface area (Å²) in [6.45, 7) is 4.83. The molecule has 3 aliphatic rings. The first kappa shape index (κ1) is 20.4. The number of hydrogen-bond acceptors (Lipinski definition) is 6. The van der Waals surface area contributed by atoms with Crippen molar-refractivity contribution in [3.63, 3.8) is 0 Å². The van der Waals surface area contributed by atoms with Crippen LogP contribution in [0.4, 0.5) is 0 Å². The van der Waals surface area contributed by atoms with Crippen LogP contribution in [0, 0.1) is 6.92 Å². The highest BCUT2D eigenvalue weighted by Crippen LogP contribution is 2.52. The molecule has 0 aliphatic carbocycles. The van der Waals surface area contributed by atoms with Gasteiger partial charge >= 0.3 is 0 Å². The number of nitrogens with zero attached hydrogens (tertiary/aromatic N) is 3. The molecule has 33 heavy (non-hydrogen) atoms. The number of rotatable bonds is 4. The van der Waals surface area contributed by atoms with Gasteiger partial charge in [0.15, 0.2) is 11.5 Å². The maximum Gasteiger partial charge on any atom is 0.200 e. The van der Waals surface area contributed by atoms with Gasteiger partial charge in [0.1, 0.15) is 17.2 Å². The van der Waals surface area contributed by atoms with Gasteiger partial charge in [-0.25, -0.2) is 5.01 Å². The molecule has 0 bridgehead atoms. The molecule has 1 aromatic heterocycles. The number of likely N-dealkylation sites (tertiary alicyclic amines) is 1. The normalized spacial score (nSPS) is 21.3. The molecule has 0 unspecified atom stereocenters. The van der Waals surface area contributed by atoms with Gasteiger partial charge in [-0.3, -0.25) is 4.90 Å². The second kappa shape index (κ2) is 7.96. The van der Waals surface area contributed by atoms with Gasteiger partial charge in [0, 0.05) is 44.5 Å². The number of para-hydroxylation sites is 1. The minimum Gasteiger partial charge on any atom is -0.493 e. The predicted octanol–water partition coefficient (Wildman–Crippen LogP) is 5.13. The third-order valence-corrected chi connectivity index (χ3v) is 7.12. The highest BCUT2D eigenvalue weighted by Gasteiger charge is 2.52. The Morgan fingerprint density at radius 3 is 2.58 bits per heavy atom. The average molecular weight is 444 g/mol. The molecule has 6 heteroatoms. The molecule has 0 saturated carbocycles. The molecular formula is C27H29N3O3. The van der Waals surface area contributed by atoms with Gasteiger partial charge in [-0.2, -0.15) is 5.10 Å². The van der Waals surface area contributed by atoms with Crippen molar-refractivity contribution in [3.8, 4) is 11.5 Å². The van der Waals surface area contributed by atoms with Crippen molar-refractivity contribution in [2.75, 3.05) is 20.2 Å². The Morgan fingerprint density at radius 2 is 1.85 bits per heavy atom. The van der Waals surface area contributed by atoms with Gasteiger partial charge in [0.25, 0.3) is 0 Å². The van der Waals surface area contributed by atoms with Gasteiger partial charge in [-0.15, -0.1) is 0 Å². The lowest BCUT2D eigenvalue weighted by Crippen LogP contribution is -2.59. The van der Waals surface area contributed by atoms with Crippen LogP contribution in [-0.4, -0.2) is 41.5 Å². The van der Waals surface area contributed by atoms with Crippen LogP contribution in [0.25, 0.3) is 0 Å². The van der Waals surface area contributed by atoms with E-state index < -0.39 is 5.72 Å². The second-order valence-corrected chi connectivity index (χ2v) is 9.21. The first-order valence-electron chi connectivity index (χ1n) is 11.7. The zero-order chi connectivity index (χ0) is 22.4. The Hall–Kier alpha value is -3.25. The Balaban J connectivity index is 1.33. The summed E-state index contributed by atoms with van der Waals surface area (Å²) >= 11 is 0. The van der Waals surface area contributed by atoms with E-state index in [1.54, 1.807) is 7.11 Å². The van der Waals surface area contributed by atoms with Gasteiger partial charge < -0.3 is 13.9 Å². The standard InChI is InChI=1S/C27H29N3O3/c1-19-11-12-24(32-19)22-17-23-21-9-6-10-25(31-2)26(21)33-27(30(23)28-22)13-15-29(16-14-27)18-20-7-4-3-5-8-20/h3-12,23H,13-18H2,1-2H3/t23-/m1/s1. The highest BCUT2D eigenvalue weighted by atomic mass is 16.5. The van der Waals surface area contributed by atoms with E-state index in [1.807, 2.05) is 31.2 Å². The zero-order valence-electron chi connectivity index (χ0n) is 19.2. The molecule has 2 aromatic carbocycles. The van der Waals surface area contributed by atoms with E-state index in [-0.39, 0.29) is 6.04 Å². The van der Waals surface area contributed by atoms with Crippen molar-refractivity contribution in [1.82, 2.24) is 9.91 Å². The van der Waals surface area contributed by atoms with Crippen molar-refractivity contribution in [1.29, 1.82) is 0 Å². The number of benzene rings is 2. The Bertz CT molecular complexity index is 1180. The average Bonchev–Trinajstić information content (AvgIpc) is 3.48. The highest BCUT2D eigenvalue weighted by molar-refractivity contribution is 5.99. The number of hydrazone groups is 1. The smallest absolute Gasteiger partial charge is 0.200 e. The van der Waals surface area contributed by atoms with Crippen LogP contribution in [0.1, 0.15) is 48.0 Å². The molecule has 3 aliphatic heterocycles. The number of furan rings is 1. The van der Waals surface area contributed by atoms with E-state index in [4.69, 9.17) is 19.0 Å².